The van der Waals surface area contributed by atoms with Crippen LogP contribution in [0.4, 0.5) is 29.1 Å². The number of hydrogen-bond donors (Lipinski definition) is 7. The van der Waals surface area contributed by atoms with Gasteiger partial charge in [0.1, 0.15) is 28.8 Å². The maximum atomic E-state index is 9.80. The van der Waals surface area contributed by atoms with Gasteiger partial charge in [-0.3, -0.25) is 19.6 Å². The molecule has 664 valence electrons. The highest BCUT2D eigenvalue weighted by molar-refractivity contribution is 6.18. The SMILES string of the molecule is CC[C@H]1CN(Cc2ccccc2)CCN1c1cc(C)on1.CC[C@H]1CNCCN1c1cc(C)on1.CO.Cc1cc(N2CCN(Cc3ccccc3)C[C@@H]2CO)no1.Cc1cc(NCCN(Cc2ccccc2)C[C@H](O)CCl)no1.Cc1cc(NCCN(Cc2ccccc2)C[C@H]2CO2)no1.c1ccc(COC2CNCC(OCc3ccccc3)C2)cc1. The first-order valence-corrected chi connectivity index (χ1v) is 43.9. The first-order chi connectivity index (χ1) is 60.2. The van der Waals surface area contributed by atoms with Gasteiger partial charge in [0.2, 0.25) is 0 Å². The van der Waals surface area contributed by atoms with E-state index >= 15 is 0 Å². The minimum absolute atomic E-state index is 0.0620. The zero-order valence-corrected chi connectivity index (χ0v) is 73.9. The summed E-state index contributed by atoms with van der Waals surface area (Å²) < 4.78 is 42.9. The van der Waals surface area contributed by atoms with Crippen LogP contribution in [0.15, 0.2) is 235 Å². The van der Waals surface area contributed by atoms with Crippen LogP contribution in [0.2, 0.25) is 0 Å². The Hall–Kier alpha value is -9.82. The summed E-state index contributed by atoms with van der Waals surface area (Å²) in [6.07, 6.45) is 3.52. The summed E-state index contributed by atoms with van der Waals surface area (Å²) in [6, 6.07) is 73.3. The third kappa shape index (κ3) is 34.3. The van der Waals surface area contributed by atoms with E-state index in [4.69, 9.17) is 53.5 Å². The number of nitrogens with one attached hydrogen (secondary N) is 4. The number of epoxide rings is 1. The molecule has 0 radical (unpaired) electrons. The van der Waals surface area contributed by atoms with E-state index in [0.29, 0.717) is 44.5 Å². The number of halogens is 1. The molecule has 6 aromatic carbocycles. The lowest BCUT2D eigenvalue weighted by molar-refractivity contribution is -0.0463. The second-order valence-corrected chi connectivity index (χ2v) is 31.8. The molecule has 2 unspecified atom stereocenters. The Labute approximate surface area is 731 Å². The van der Waals surface area contributed by atoms with Crippen molar-refractivity contribution in [2.75, 3.05) is 163 Å². The average molecular weight is 1710 g/mol. The predicted molar refractivity (Wildman–Crippen MR) is 486 cm³/mol. The van der Waals surface area contributed by atoms with Crippen molar-refractivity contribution in [2.24, 2.45) is 0 Å². The molecule has 28 heteroatoms. The number of aliphatic hydroxyl groups is 3. The Morgan fingerprint density at radius 1 is 0.472 bits per heavy atom. The number of aryl methyl sites for hydroxylation is 5. The molecule has 11 aromatic rings. The van der Waals surface area contributed by atoms with Crippen LogP contribution in [0.3, 0.4) is 0 Å². The van der Waals surface area contributed by atoms with Crippen LogP contribution in [0.5, 0.6) is 0 Å². The molecule has 10 heterocycles. The van der Waals surface area contributed by atoms with Gasteiger partial charge in [0.25, 0.3) is 0 Å². The van der Waals surface area contributed by atoms with Crippen LogP contribution in [0.25, 0.3) is 0 Å². The van der Waals surface area contributed by atoms with Crippen LogP contribution >= 0.6 is 11.6 Å². The Balaban J connectivity index is 0.000000155. The van der Waals surface area contributed by atoms with Crippen LogP contribution in [0, 0.1) is 34.6 Å². The maximum absolute atomic E-state index is 9.80. The normalized spacial score (nSPS) is 18.5. The van der Waals surface area contributed by atoms with Crippen molar-refractivity contribution in [3.63, 3.8) is 0 Å². The molecule has 7 N–H and O–H groups in total. The average Bonchev–Trinajstić information content (AvgIpc) is 1.74. The molecule has 5 aromatic heterocycles. The molecular formula is C95H131ClN16O11. The minimum Gasteiger partial charge on any atom is -0.400 e. The van der Waals surface area contributed by atoms with E-state index < -0.39 is 6.10 Å². The Morgan fingerprint density at radius 3 is 1.24 bits per heavy atom. The molecule has 0 spiro atoms. The highest BCUT2D eigenvalue weighted by Gasteiger charge is 2.31. The monoisotopic (exact) mass is 1710 g/mol. The second-order valence-electron chi connectivity index (χ2n) is 31.5. The quantitative estimate of drug-likeness (QED) is 0.0149. The third-order valence-electron chi connectivity index (χ3n) is 21.5. The van der Waals surface area contributed by atoms with Crippen LogP contribution in [-0.4, -0.2) is 241 Å². The number of ether oxygens (including phenoxy) is 3. The topological polar surface area (TPSA) is 293 Å². The lowest BCUT2D eigenvalue weighted by atomic mass is 10.1. The molecule has 5 saturated heterocycles. The fourth-order valence-corrected chi connectivity index (χ4v) is 15.2. The zero-order chi connectivity index (χ0) is 86.6. The summed E-state index contributed by atoms with van der Waals surface area (Å²) in [5.74, 6) is 8.73. The molecule has 123 heavy (non-hydrogen) atoms. The molecule has 7 atom stereocenters. The number of nitrogens with zero attached hydrogens (tertiary/aromatic N) is 12. The number of hydrogen-bond acceptors (Lipinski definition) is 27. The van der Waals surface area contributed by atoms with Gasteiger partial charge in [0.15, 0.2) is 29.1 Å². The molecule has 5 aliphatic heterocycles. The van der Waals surface area contributed by atoms with Gasteiger partial charge in [0.05, 0.1) is 56.9 Å². The van der Waals surface area contributed by atoms with Crippen molar-refractivity contribution < 1.29 is 52.1 Å². The first-order valence-electron chi connectivity index (χ1n) is 43.3. The molecule has 16 rings (SSSR count). The molecule has 5 fully saturated rings. The molecule has 0 saturated carbocycles. The largest absolute Gasteiger partial charge is 0.400 e. The number of piperazine rings is 3. The van der Waals surface area contributed by atoms with Crippen molar-refractivity contribution in [2.45, 2.75) is 150 Å². The van der Waals surface area contributed by atoms with E-state index in [1.807, 2.05) is 132 Å². The standard InChI is InChI=1S/C19H23NO2.C17H23N3O.C16H22ClN3O2.2C16H21N3O2.C10H17N3O.CH4O/c1-3-7-16(8-4-1)14-21-18-11-19(13-20-12-18)22-15-17-9-5-2-6-10-17;1-3-16-13-19(12-15-7-5-4-6-8-15)9-10-20(16)17-11-14(2)21-18-17;1-13-9-16(19-22-13)18-7-8-20(12-15(21)10-17)11-14-5-3-2-4-6-14;1-13-9-16(17-21-13)19-8-7-18(11-15(19)12-20)10-14-5-3-2-4-6-14;1-13-9-16(18-21-13)17-7-8-19(11-15-12-20-15)10-14-5-3-2-4-6-14;1-3-9-7-11-4-5-13(9)10-6-8(2)14-12-10;1-2/h1-10,18-20H,11-15H2;4-8,11,16H,3,9-10,12-13H2,1-2H3;2-6,9,15,21H,7-8,10-12H2,1H3,(H,18,19);2-6,9,15,20H,7-8,10-12H2,1H3;2-6,9,15H,7-8,10-12H2,1H3,(H,17,18);6,9,11H,3-5,7H2,1-2H3;2H,1H3/t;16-;3*15-;9-;/m.01100./s1. The Bertz CT molecular complexity index is 4400. The first kappa shape index (κ1) is 95.4. The van der Waals surface area contributed by atoms with Gasteiger partial charge >= 0.3 is 0 Å². The Morgan fingerprint density at radius 2 is 0.854 bits per heavy atom. The fraction of sp³-hybridized carbons (Fsp3) is 0.463. The van der Waals surface area contributed by atoms with E-state index in [1.54, 1.807) is 0 Å². The van der Waals surface area contributed by atoms with Crippen LogP contribution in [-0.2, 0) is 53.6 Å². The molecule has 0 bridgehead atoms. The number of alkyl halides is 1. The van der Waals surface area contributed by atoms with Gasteiger partial charge in [-0.2, -0.15) is 0 Å². The van der Waals surface area contributed by atoms with E-state index in [-0.39, 0.29) is 30.7 Å². The van der Waals surface area contributed by atoms with Gasteiger partial charge in [0, 0.05) is 199 Å². The van der Waals surface area contributed by atoms with E-state index in [9.17, 15) is 10.2 Å². The van der Waals surface area contributed by atoms with E-state index in [1.165, 1.54) is 33.4 Å². The molecule has 0 amide bonds. The zero-order valence-electron chi connectivity index (χ0n) is 73.1. The Kier molecular flexibility index (Phi) is 41.4. The lowest BCUT2D eigenvalue weighted by Crippen LogP contribution is -2.54. The second kappa shape index (κ2) is 53.4. The van der Waals surface area contributed by atoms with Gasteiger partial charge in [-0.1, -0.05) is 222 Å². The number of piperidine rings is 1. The number of anilines is 5. The van der Waals surface area contributed by atoms with Crippen molar-refractivity contribution in [1.82, 2.24) is 56.0 Å². The van der Waals surface area contributed by atoms with E-state index in [0.717, 1.165) is 215 Å². The summed E-state index contributed by atoms with van der Waals surface area (Å²) in [6.45, 7) is 35.5. The van der Waals surface area contributed by atoms with Gasteiger partial charge in [-0.25, -0.2) is 0 Å². The van der Waals surface area contributed by atoms with Crippen molar-refractivity contribution in [3.8, 4) is 0 Å². The van der Waals surface area contributed by atoms with Crippen molar-refractivity contribution in [3.05, 3.63) is 275 Å². The predicted octanol–water partition coefficient (Wildman–Crippen LogP) is 13.5. The van der Waals surface area contributed by atoms with Crippen LogP contribution < -0.4 is 36.0 Å². The molecule has 27 nitrogen and oxygen atoms in total. The van der Waals surface area contributed by atoms with Crippen molar-refractivity contribution >= 4 is 40.7 Å². The smallest absolute Gasteiger partial charge is 0.172 e. The number of benzene rings is 6. The summed E-state index contributed by atoms with van der Waals surface area (Å²) >= 11 is 5.72. The van der Waals surface area contributed by atoms with Crippen LogP contribution in [0.1, 0.15) is 95.3 Å². The molecular weight excluding hydrogens is 1580 g/mol. The molecule has 5 aliphatic rings. The summed E-state index contributed by atoms with van der Waals surface area (Å²) in [4.78, 5) is 16.3. The number of rotatable bonds is 33. The third-order valence-corrected chi connectivity index (χ3v) is 21.9. The maximum Gasteiger partial charge on any atom is 0.172 e. The van der Waals surface area contributed by atoms with Gasteiger partial charge in [-0.05, 0) is 80.8 Å². The number of aromatic nitrogens is 5. The highest BCUT2D eigenvalue weighted by atomic mass is 35.5. The molecule has 0 aliphatic carbocycles. The summed E-state index contributed by atoms with van der Waals surface area (Å²) in [5.41, 5.74) is 7.67. The lowest BCUT2D eigenvalue weighted by Gasteiger charge is -2.41. The highest BCUT2D eigenvalue weighted by Crippen LogP contribution is 2.26. The van der Waals surface area contributed by atoms with Gasteiger partial charge in [-0.15, -0.1) is 11.6 Å². The summed E-state index contributed by atoms with van der Waals surface area (Å²) in [5, 5.41) is 59.9. The summed E-state index contributed by atoms with van der Waals surface area (Å²) in [7, 11) is 1.00. The van der Waals surface area contributed by atoms with Gasteiger partial charge < -0.3 is 88.1 Å². The number of aliphatic hydroxyl groups excluding tert-OH is 3. The fourth-order valence-electron chi connectivity index (χ4n) is 15.1. The minimum atomic E-state index is -0.528. The van der Waals surface area contributed by atoms with E-state index in [2.05, 4.69) is 210 Å². The van der Waals surface area contributed by atoms with Crippen molar-refractivity contribution in [1.29, 1.82) is 0 Å².